The Bertz CT molecular complexity index is 883. The standard InChI is InChI=1S/C13H18N2.C5H4N2O4/c14-13-9-5-1-3-7-11(9)15-12-8-4-2-6-10(12)13;8-3-1-2(4(9)10)6-5(11)7-3/h1-8H2,(H2,14,15);1H,(H,9,10)(H2,6,7,8,11). The van der Waals surface area contributed by atoms with Crippen LogP contribution in [0.1, 0.15) is 58.7 Å². The number of aryl methyl sites for hydroxylation is 2. The number of hydrogen-bond donors (Lipinski definition) is 4. The molecule has 2 aliphatic carbocycles. The molecule has 0 aliphatic heterocycles. The van der Waals surface area contributed by atoms with E-state index in [2.05, 4.69) is 0 Å². The Morgan fingerprint density at radius 1 is 0.962 bits per heavy atom. The molecule has 0 saturated carbocycles. The minimum atomic E-state index is -1.34. The van der Waals surface area contributed by atoms with Crippen LogP contribution in [0.15, 0.2) is 15.7 Å². The van der Waals surface area contributed by atoms with Gasteiger partial charge in [0.1, 0.15) is 5.69 Å². The summed E-state index contributed by atoms with van der Waals surface area (Å²) < 4.78 is 0. The Labute approximate surface area is 149 Å². The number of aromatic nitrogens is 3. The number of pyridine rings is 1. The third-order valence-electron chi connectivity index (χ3n) is 4.79. The Hall–Kier alpha value is -2.90. The van der Waals surface area contributed by atoms with Crippen molar-refractivity contribution in [1.82, 2.24) is 15.0 Å². The number of carboxylic acid groups (broad SMARTS) is 1. The van der Waals surface area contributed by atoms with Crippen LogP contribution in [0.2, 0.25) is 0 Å². The molecule has 0 amide bonds. The number of nitrogens with two attached hydrogens (primary N) is 1. The lowest BCUT2D eigenvalue weighted by Gasteiger charge is -2.24. The van der Waals surface area contributed by atoms with Crippen molar-refractivity contribution in [2.24, 2.45) is 0 Å². The van der Waals surface area contributed by atoms with Crippen molar-refractivity contribution in [2.75, 3.05) is 5.73 Å². The van der Waals surface area contributed by atoms with Crippen LogP contribution < -0.4 is 17.0 Å². The minimum Gasteiger partial charge on any atom is -0.477 e. The van der Waals surface area contributed by atoms with Gasteiger partial charge in [-0.25, -0.2) is 9.59 Å². The van der Waals surface area contributed by atoms with Crippen LogP contribution in [0.5, 0.6) is 0 Å². The monoisotopic (exact) mass is 358 g/mol. The van der Waals surface area contributed by atoms with Crippen LogP contribution in [-0.4, -0.2) is 26.0 Å². The molecule has 0 bridgehead atoms. The average Bonchev–Trinajstić information content (AvgIpc) is 2.62. The number of carbonyl (C=O) groups is 1. The maximum absolute atomic E-state index is 10.5. The van der Waals surface area contributed by atoms with Crippen molar-refractivity contribution in [3.63, 3.8) is 0 Å². The fraction of sp³-hybridized carbons (Fsp3) is 0.444. The predicted octanol–water partition coefficient (Wildman–Crippen LogP) is 1.18. The Morgan fingerprint density at radius 2 is 1.50 bits per heavy atom. The number of aromatic carboxylic acids is 1. The molecule has 2 aromatic heterocycles. The van der Waals surface area contributed by atoms with Gasteiger partial charge in [0, 0.05) is 23.1 Å². The van der Waals surface area contributed by atoms with Crippen molar-refractivity contribution in [3.8, 4) is 0 Å². The first kappa shape index (κ1) is 17.9. The van der Waals surface area contributed by atoms with Gasteiger partial charge < -0.3 is 15.8 Å². The molecule has 4 rings (SSSR count). The first-order valence-corrected chi connectivity index (χ1v) is 8.81. The molecule has 2 aromatic rings. The molecule has 5 N–H and O–H groups in total. The van der Waals surface area contributed by atoms with E-state index < -0.39 is 22.9 Å². The first-order valence-electron chi connectivity index (χ1n) is 8.81. The molecule has 0 unspecified atom stereocenters. The molecular weight excluding hydrogens is 336 g/mol. The quantitative estimate of drug-likeness (QED) is 0.603. The SMILES string of the molecule is Nc1c2c(nc3c1CCCC3)CCCC2.O=C(O)c1cc(=O)[nH]c(=O)[nH]1. The van der Waals surface area contributed by atoms with Crippen LogP contribution >= 0.6 is 0 Å². The molecule has 0 saturated heterocycles. The molecule has 8 nitrogen and oxygen atoms in total. The maximum Gasteiger partial charge on any atom is 0.352 e. The maximum atomic E-state index is 10.5. The normalized spacial score (nSPS) is 15.2. The van der Waals surface area contributed by atoms with E-state index in [4.69, 9.17) is 15.8 Å². The third kappa shape index (κ3) is 3.84. The molecule has 0 atom stereocenters. The summed E-state index contributed by atoms with van der Waals surface area (Å²) in [6, 6.07) is 0.795. The number of fused-ring (bicyclic) bond motifs is 2. The highest BCUT2D eigenvalue weighted by atomic mass is 16.4. The van der Waals surface area contributed by atoms with E-state index in [9.17, 15) is 14.4 Å². The average molecular weight is 358 g/mol. The number of carboxylic acids is 1. The number of hydrogen-bond acceptors (Lipinski definition) is 5. The zero-order valence-electron chi connectivity index (χ0n) is 14.4. The molecule has 26 heavy (non-hydrogen) atoms. The topological polar surface area (TPSA) is 142 Å². The number of nitrogens with zero attached hydrogens (tertiary/aromatic N) is 1. The van der Waals surface area contributed by atoms with E-state index in [0.717, 1.165) is 37.4 Å². The highest BCUT2D eigenvalue weighted by Gasteiger charge is 2.21. The number of nitrogen functional groups attached to an aromatic ring is 1. The minimum absolute atomic E-state index is 0.418. The Kier molecular flexibility index (Phi) is 5.20. The van der Waals surface area contributed by atoms with Crippen molar-refractivity contribution < 1.29 is 9.90 Å². The summed E-state index contributed by atoms with van der Waals surface area (Å²) in [6.07, 6.45) is 9.76. The van der Waals surface area contributed by atoms with Gasteiger partial charge in [0.05, 0.1) is 0 Å². The van der Waals surface area contributed by atoms with Crippen molar-refractivity contribution in [3.05, 3.63) is 55.1 Å². The largest absolute Gasteiger partial charge is 0.477 e. The van der Waals surface area contributed by atoms with Crippen LogP contribution in [0.25, 0.3) is 0 Å². The summed E-state index contributed by atoms with van der Waals surface area (Å²) in [6.45, 7) is 0. The highest BCUT2D eigenvalue weighted by molar-refractivity contribution is 5.84. The molecule has 0 aromatic carbocycles. The lowest BCUT2D eigenvalue weighted by Crippen LogP contribution is -2.24. The number of rotatable bonds is 1. The van der Waals surface area contributed by atoms with Gasteiger partial charge in [-0.05, 0) is 62.5 Å². The Morgan fingerprint density at radius 3 is 2.00 bits per heavy atom. The molecular formula is C18H22N4O4. The van der Waals surface area contributed by atoms with E-state index in [-0.39, 0.29) is 0 Å². The van der Waals surface area contributed by atoms with E-state index >= 15 is 0 Å². The molecule has 0 radical (unpaired) electrons. The molecule has 2 aliphatic rings. The van der Waals surface area contributed by atoms with Gasteiger partial charge in [-0.1, -0.05) is 0 Å². The van der Waals surface area contributed by atoms with Gasteiger partial charge in [-0.3, -0.25) is 14.8 Å². The van der Waals surface area contributed by atoms with Crippen LogP contribution in [0.3, 0.4) is 0 Å². The summed E-state index contributed by atoms with van der Waals surface area (Å²) in [4.78, 5) is 39.7. The van der Waals surface area contributed by atoms with Crippen molar-refractivity contribution in [1.29, 1.82) is 0 Å². The van der Waals surface area contributed by atoms with Gasteiger partial charge in [-0.15, -0.1) is 0 Å². The second-order valence-corrected chi connectivity index (χ2v) is 6.60. The zero-order chi connectivity index (χ0) is 18.7. The summed E-state index contributed by atoms with van der Waals surface area (Å²) in [7, 11) is 0. The van der Waals surface area contributed by atoms with Gasteiger partial charge in [-0.2, -0.15) is 0 Å². The fourth-order valence-electron chi connectivity index (χ4n) is 3.53. The molecule has 138 valence electrons. The number of anilines is 1. The van der Waals surface area contributed by atoms with E-state index in [1.807, 2.05) is 9.97 Å². The molecule has 0 spiro atoms. The van der Waals surface area contributed by atoms with Gasteiger partial charge in [0.25, 0.3) is 5.56 Å². The molecule has 8 heteroatoms. The van der Waals surface area contributed by atoms with E-state index in [1.165, 1.54) is 48.2 Å². The number of H-pyrrole nitrogens is 2. The zero-order valence-corrected chi connectivity index (χ0v) is 14.4. The predicted molar refractivity (Wildman–Crippen MR) is 96.6 cm³/mol. The second-order valence-electron chi connectivity index (χ2n) is 6.60. The lowest BCUT2D eigenvalue weighted by molar-refractivity contribution is 0.0689. The van der Waals surface area contributed by atoms with Gasteiger partial charge in [0.2, 0.25) is 0 Å². The van der Waals surface area contributed by atoms with Crippen LogP contribution in [0, 0.1) is 0 Å². The highest BCUT2D eigenvalue weighted by Crippen LogP contribution is 2.32. The number of aromatic amines is 2. The third-order valence-corrected chi connectivity index (χ3v) is 4.79. The first-order chi connectivity index (χ1) is 12.5. The molecule has 2 heterocycles. The number of nitrogens with one attached hydrogen (secondary N) is 2. The molecule has 0 fully saturated rings. The Balaban J connectivity index is 0.000000160. The van der Waals surface area contributed by atoms with Crippen molar-refractivity contribution >= 4 is 11.7 Å². The van der Waals surface area contributed by atoms with Gasteiger partial charge >= 0.3 is 11.7 Å². The summed E-state index contributed by atoms with van der Waals surface area (Å²) in [5.41, 5.74) is 10.8. The van der Waals surface area contributed by atoms with E-state index in [1.54, 1.807) is 0 Å². The smallest absolute Gasteiger partial charge is 0.352 e. The van der Waals surface area contributed by atoms with E-state index in [0.29, 0.717) is 0 Å². The summed E-state index contributed by atoms with van der Waals surface area (Å²) >= 11 is 0. The van der Waals surface area contributed by atoms with Crippen LogP contribution in [0.4, 0.5) is 5.69 Å². The lowest BCUT2D eigenvalue weighted by atomic mass is 9.87. The second kappa shape index (κ2) is 7.55. The van der Waals surface area contributed by atoms with Crippen LogP contribution in [-0.2, 0) is 25.7 Å². The summed E-state index contributed by atoms with van der Waals surface area (Å²) in [5.74, 6) is -1.34. The van der Waals surface area contributed by atoms with Crippen molar-refractivity contribution in [2.45, 2.75) is 51.4 Å². The summed E-state index contributed by atoms with van der Waals surface area (Å²) in [5, 5.41) is 8.31. The van der Waals surface area contributed by atoms with Gasteiger partial charge in [0.15, 0.2) is 0 Å². The fourth-order valence-corrected chi connectivity index (χ4v) is 3.53.